The molecule has 1 heteroatoms. The van der Waals surface area contributed by atoms with Crippen molar-refractivity contribution in [2.75, 3.05) is 0 Å². The first-order chi connectivity index (χ1) is 6.24. The Morgan fingerprint density at radius 2 is 2.00 bits per heavy atom. The zero-order chi connectivity index (χ0) is 9.68. The molecule has 0 radical (unpaired) electrons. The molecule has 0 saturated carbocycles. The van der Waals surface area contributed by atoms with Gasteiger partial charge in [0.15, 0.2) is 0 Å². The van der Waals surface area contributed by atoms with Crippen LogP contribution in [0.2, 0.25) is 0 Å². The number of allylic oxidation sites excluding steroid dienone is 2. The second-order valence-corrected chi connectivity index (χ2v) is 2.90. The van der Waals surface area contributed by atoms with Gasteiger partial charge in [0.05, 0.1) is 0 Å². The summed E-state index contributed by atoms with van der Waals surface area (Å²) in [7, 11) is 0. The molecule has 0 atom stereocenters. The van der Waals surface area contributed by atoms with Crippen LogP contribution in [0.1, 0.15) is 18.1 Å². The van der Waals surface area contributed by atoms with Crippen LogP contribution in [0, 0.1) is 6.92 Å². The molecule has 13 heavy (non-hydrogen) atoms. The molecule has 1 aromatic carbocycles. The van der Waals surface area contributed by atoms with Crippen molar-refractivity contribution in [2.45, 2.75) is 13.8 Å². The maximum absolute atomic E-state index is 9.18. The third-order valence-electron chi connectivity index (χ3n) is 1.92. The highest BCUT2D eigenvalue weighted by Crippen LogP contribution is 2.09. The number of aryl methyl sites for hydroxylation is 1. The predicted molar refractivity (Wildman–Crippen MR) is 56.6 cm³/mol. The number of aliphatic hydroxyl groups is 1. The van der Waals surface area contributed by atoms with Crippen molar-refractivity contribution < 1.29 is 5.11 Å². The molecule has 1 rings (SSSR count). The average molecular weight is 174 g/mol. The molecule has 0 aliphatic rings. The monoisotopic (exact) mass is 174 g/mol. The zero-order valence-corrected chi connectivity index (χ0v) is 7.99. The van der Waals surface area contributed by atoms with E-state index >= 15 is 0 Å². The van der Waals surface area contributed by atoms with Crippen molar-refractivity contribution in [3.63, 3.8) is 0 Å². The summed E-state index contributed by atoms with van der Waals surface area (Å²) < 4.78 is 0. The summed E-state index contributed by atoms with van der Waals surface area (Å²) in [6, 6.07) is 8.06. The van der Waals surface area contributed by atoms with Crippen LogP contribution in [-0.4, -0.2) is 5.11 Å². The fraction of sp³-hybridized carbons (Fsp3) is 0.167. The van der Waals surface area contributed by atoms with Crippen LogP contribution < -0.4 is 0 Å². The fourth-order valence-corrected chi connectivity index (χ4v) is 1.05. The number of rotatable bonds is 2. The van der Waals surface area contributed by atoms with Crippen LogP contribution in [0.3, 0.4) is 0 Å². The molecule has 0 unspecified atom stereocenters. The van der Waals surface area contributed by atoms with Crippen LogP contribution in [0.25, 0.3) is 6.08 Å². The summed E-state index contributed by atoms with van der Waals surface area (Å²) in [5.74, 6) is 0.295. The van der Waals surface area contributed by atoms with Crippen molar-refractivity contribution >= 4 is 6.08 Å². The van der Waals surface area contributed by atoms with Gasteiger partial charge < -0.3 is 5.11 Å². The van der Waals surface area contributed by atoms with Gasteiger partial charge in [0.1, 0.15) is 5.76 Å². The summed E-state index contributed by atoms with van der Waals surface area (Å²) in [6.07, 6.45) is 5.27. The van der Waals surface area contributed by atoms with Crippen LogP contribution >= 0.6 is 0 Å². The van der Waals surface area contributed by atoms with Crippen molar-refractivity contribution in [3.8, 4) is 0 Å². The topological polar surface area (TPSA) is 20.2 Å². The molecular formula is C12H14O. The minimum atomic E-state index is 0.295. The van der Waals surface area contributed by atoms with Crippen molar-refractivity contribution in [3.05, 3.63) is 53.3 Å². The molecule has 0 aliphatic carbocycles. The Hall–Kier alpha value is -1.50. The van der Waals surface area contributed by atoms with Gasteiger partial charge in [-0.2, -0.15) is 0 Å². The molecule has 0 amide bonds. The van der Waals surface area contributed by atoms with Gasteiger partial charge in [0, 0.05) is 0 Å². The smallest absolute Gasteiger partial charge is 0.111 e. The molecule has 0 saturated heterocycles. The van der Waals surface area contributed by atoms with Crippen LogP contribution in [-0.2, 0) is 0 Å². The van der Waals surface area contributed by atoms with Crippen LogP contribution in [0.5, 0.6) is 0 Å². The summed E-state index contributed by atoms with van der Waals surface area (Å²) in [5.41, 5.74) is 2.35. The average Bonchev–Trinajstić information content (AvgIpc) is 2.16. The van der Waals surface area contributed by atoms with Crippen molar-refractivity contribution in [1.29, 1.82) is 0 Å². The third kappa shape index (κ3) is 2.79. The molecule has 0 spiro atoms. The number of hydrogen-bond acceptors (Lipinski definition) is 1. The maximum atomic E-state index is 9.18. The highest BCUT2D eigenvalue weighted by Gasteiger charge is 1.90. The van der Waals surface area contributed by atoms with E-state index in [-0.39, 0.29) is 0 Å². The Kier molecular flexibility index (Phi) is 3.32. The van der Waals surface area contributed by atoms with Crippen LogP contribution in [0.15, 0.2) is 42.2 Å². The first-order valence-corrected chi connectivity index (χ1v) is 4.33. The van der Waals surface area contributed by atoms with Crippen LogP contribution in [0.4, 0.5) is 0 Å². The largest absolute Gasteiger partial charge is 0.508 e. The minimum absolute atomic E-state index is 0.295. The number of benzene rings is 1. The van der Waals surface area contributed by atoms with E-state index in [9.17, 15) is 5.11 Å². The Labute approximate surface area is 79.0 Å². The summed E-state index contributed by atoms with van der Waals surface area (Å²) in [5, 5.41) is 9.18. The second kappa shape index (κ2) is 4.51. The molecule has 0 aliphatic heterocycles. The van der Waals surface area contributed by atoms with Gasteiger partial charge >= 0.3 is 0 Å². The standard InChI is InChI=1S/C12H14O/c1-3-12(13)9-8-11-7-5-4-6-10(11)2/h3-9,13H,1-2H3/b9-8-,12-3-. The van der Waals surface area contributed by atoms with Gasteiger partial charge in [-0.05, 0) is 37.1 Å². The van der Waals surface area contributed by atoms with E-state index in [0.29, 0.717) is 5.76 Å². The predicted octanol–water partition coefficient (Wildman–Crippen LogP) is 3.47. The number of hydrogen-bond donors (Lipinski definition) is 1. The van der Waals surface area contributed by atoms with Gasteiger partial charge in [-0.3, -0.25) is 0 Å². The molecule has 0 bridgehead atoms. The molecule has 1 N–H and O–H groups in total. The quantitative estimate of drug-likeness (QED) is 0.537. The molecule has 1 nitrogen and oxygen atoms in total. The summed E-state index contributed by atoms with van der Waals surface area (Å²) >= 11 is 0. The molecule has 0 fully saturated rings. The van der Waals surface area contributed by atoms with E-state index in [0.717, 1.165) is 5.56 Å². The van der Waals surface area contributed by atoms with Gasteiger partial charge in [0.2, 0.25) is 0 Å². The van der Waals surface area contributed by atoms with Gasteiger partial charge in [-0.15, -0.1) is 0 Å². The van der Waals surface area contributed by atoms with E-state index in [2.05, 4.69) is 0 Å². The minimum Gasteiger partial charge on any atom is -0.508 e. The maximum Gasteiger partial charge on any atom is 0.111 e. The lowest BCUT2D eigenvalue weighted by Crippen LogP contribution is -1.78. The lowest BCUT2D eigenvalue weighted by molar-refractivity contribution is 0.432. The van der Waals surface area contributed by atoms with E-state index in [1.54, 1.807) is 19.1 Å². The lowest BCUT2D eigenvalue weighted by atomic mass is 10.1. The van der Waals surface area contributed by atoms with E-state index in [1.807, 2.05) is 37.3 Å². The van der Waals surface area contributed by atoms with Crippen molar-refractivity contribution in [2.24, 2.45) is 0 Å². The Morgan fingerprint density at radius 1 is 1.31 bits per heavy atom. The fourth-order valence-electron chi connectivity index (χ4n) is 1.05. The Bertz CT molecular complexity index is 335. The SMILES string of the molecule is C/C=C(O)/C=C\c1ccccc1C. The third-order valence-corrected chi connectivity index (χ3v) is 1.92. The lowest BCUT2D eigenvalue weighted by Gasteiger charge is -1.97. The molecular weight excluding hydrogens is 160 g/mol. The number of aliphatic hydroxyl groups excluding tert-OH is 1. The van der Waals surface area contributed by atoms with Crippen molar-refractivity contribution in [1.82, 2.24) is 0 Å². The van der Waals surface area contributed by atoms with E-state index in [4.69, 9.17) is 0 Å². The highest BCUT2D eigenvalue weighted by molar-refractivity contribution is 5.55. The molecule has 0 aromatic heterocycles. The first kappa shape index (κ1) is 9.59. The Balaban J connectivity index is 2.86. The zero-order valence-electron chi connectivity index (χ0n) is 7.99. The van der Waals surface area contributed by atoms with E-state index < -0.39 is 0 Å². The second-order valence-electron chi connectivity index (χ2n) is 2.90. The van der Waals surface area contributed by atoms with E-state index in [1.165, 1.54) is 5.56 Å². The first-order valence-electron chi connectivity index (χ1n) is 4.33. The summed E-state index contributed by atoms with van der Waals surface area (Å²) in [6.45, 7) is 3.85. The highest BCUT2D eigenvalue weighted by atomic mass is 16.3. The molecule has 0 heterocycles. The normalized spacial score (nSPS) is 12.3. The summed E-state index contributed by atoms with van der Waals surface area (Å²) in [4.78, 5) is 0. The molecule has 68 valence electrons. The Morgan fingerprint density at radius 3 is 2.62 bits per heavy atom. The molecule has 1 aromatic rings. The van der Waals surface area contributed by atoms with Gasteiger partial charge in [-0.1, -0.05) is 30.3 Å². The van der Waals surface area contributed by atoms with Gasteiger partial charge in [-0.25, -0.2) is 0 Å². The van der Waals surface area contributed by atoms with Gasteiger partial charge in [0.25, 0.3) is 0 Å².